The van der Waals surface area contributed by atoms with E-state index >= 15 is 0 Å². The molecule has 92 valence electrons. The van der Waals surface area contributed by atoms with Gasteiger partial charge in [-0.1, -0.05) is 38.1 Å². The van der Waals surface area contributed by atoms with E-state index in [0.29, 0.717) is 17.3 Å². The van der Waals surface area contributed by atoms with Crippen molar-refractivity contribution in [1.29, 1.82) is 5.26 Å². The molecule has 0 aliphatic carbocycles. The summed E-state index contributed by atoms with van der Waals surface area (Å²) in [5.74, 6) is 0.504. The zero-order chi connectivity index (χ0) is 13.1. The third kappa shape index (κ3) is 2.42. The van der Waals surface area contributed by atoms with Crippen LogP contribution < -0.4 is 5.73 Å². The second kappa shape index (κ2) is 5.30. The lowest BCUT2D eigenvalue weighted by atomic mass is 10.0. The van der Waals surface area contributed by atoms with Gasteiger partial charge < -0.3 is 5.73 Å². The highest BCUT2D eigenvalue weighted by atomic mass is 32.1. The summed E-state index contributed by atoms with van der Waals surface area (Å²) in [7, 11) is 0. The highest BCUT2D eigenvalue weighted by Gasteiger charge is 2.12. The second-order valence-electron chi connectivity index (χ2n) is 4.38. The summed E-state index contributed by atoms with van der Waals surface area (Å²) in [5.41, 5.74) is 8.58. The van der Waals surface area contributed by atoms with Crippen LogP contribution in [0.1, 0.15) is 35.2 Å². The van der Waals surface area contributed by atoms with Crippen molar-refractivity contribution in [2.75, 3.05) is 0 Å². The lowest BCUT2D eigenvalue weighted by Crippen LogP contribution is -1.94. The molecule has 4 heteroatoms. The molecule has 0 saturated carbocycles. The maximum Gasteiger partial charge on any atom is 0.132 e. The summed E-state index contributed by atoms with van der Waals surface area (Å²) in [5, 5.41) is 9.91. The monoisotopic (exact) mass is 257 g/mol. The second-order valence-corrected chi connectivity index (χ2v) is 5.46. The van der Waals surface area contributed by atoms with Gasteiger partial charge in [-0.15, -0.1) is 11.3 Å². The Morgan fingerprint density at radius 1 is 1.33 bits per heavy atom. The number of nitrogens with two attached hydrogens (primary N) is 1. The van der Waals surface area contributed by atoms with Gasteiger partial charge >= 0.3 is 0 Å². The Hall–Kier alpha value is -1.70. The summed E-state index contributed by atoms with van der Waals surface area (Å²) in [4.78, 5) is 5.05. The third-order valence-electron chi connectivity index (χ3n) is 2.80. The lowest BCUT2D eigenvalue weighted by molar-refractivity contribution is 0.867. The number of nitriles is 1. The molecule has 2 N–H and O–H groups in total. The van der Waals surface area contributed by atoms with Crippen molar-refractivity contribution in [3.8, 4) is 17.3 Å². The van der Waals surface area contributed by atoms with Gasteiger partial charge in [0.2, 0.25) is 0 Å². The number of hydrogen-bond donors (Lipinski definition) is 1. The number of nitrogens with zero attached hydrogens (tertiary/aromatic N) is 2. The summed E-state index contributed by atoms with van der Waals surface area (Å²) in [6.07, 6.45) is 0. The van der Waals surface area contributed by atoms with Gasteiger partial charge in [0.15, 0.2) is 0 Å². The Morgan fingerprint density at radius 2 is 2.00 bits per heavy atom. The van der Waals surface area contributed by atoms with Gasteiger partial charge in [0, 0.05) is 12.1 Å². The van der Waals surface area contributed by atoms with Crippen LogP contribution in [0.15, 0.2) is 24.3 Å². The van der Waals surface area contributed by atoms with E-state index in [4.69, 9.17) is 11.0 Å². The van der Waals surface area contributed by atoms with Crippen LogP contribution in [-0.4, -0.2) is 4.98 Å². The molecule has 0 aliphatic rings. The minimum absolute atomic E-state index is 0.378. The quantitative estimate of drug-likeness (QED) is 0.918. The fourth-order valence-electron chi connectivity index (χ4n) is 1.75. The Bertz CT molecular complexity index is 576. The first-order valence-electron chi connectivity index (χ1n) is 5.86. The fourth-order valence-corrected chi connectivity index (χ4v) is 2.51. The van der Waals surface area contributed by atoms with Crippen molar-refractivity contribution in [2.24, 2.45) is 5.73 Å². The van der Waals surface area contributed by atoms with E-state index in [2.05, 4.69) is 37.0 Å². The van der Waals surface area contributed by atoms with Crippen LogP contribution in [0.25, 0.3) is 11.3 Å². The van der Waals surface area contributed by atoms with Gasteiger partial charge in [-0.05, 0) is 11.5 Å². The van der Waals surface area contributed by atoms with Crippen molar-refractivity contribution in [3.05, 3.63) is 39.7 Å². The predicted molar refractivity (Wildman–Crippen MR) is 74.2 cm³/mol. The molecule has 0 radical (unpaired) electrons. The molecular weight excluding hydrogens is 242 g/mol. The number of rotatable bonds is 3. The lowest BCUT2D eigenvalue weighted by Gasteiger charge is -2.05. The molecule has 1 aromatic heterocycles. The van der Waals surface area contributed by atoms with Gasteiger partial charge in [-0.25, -0.2) is 4.98 Å². The van der Waals surface area contributed by atoms with Crippen LogP contribution in [0.3, 0.4) is 0 Å². The van der Waals surface area contributed by atoms with E-state index in [1.807, 2.05) is 12.1 Å². The zero-order valence-corrected chi connectivity index (χ0v) is 11.3. The number of aromatic nitrogens is 1. The zero-order valence-electron chi connectivity index (χ0n) is 10.5. The Balaban J connectivity index is 2.42. The first kappa shape index (κ1) is 12.7. The summed E-state index contributed by atoms with van der Waals surface area (Å²) in [6, 6.07) is 10.4. The van der Waals surface area contributed by atoms with E-state index in [-0.39, 0.29) is 0 Å². The summed E-state index contributed by atoms with van der Waals surface area (Å²) >= 11 is 1.37. The summed E-state index contributed by atoms with van der Waals surface area (Å²) < 4.78 is 0. The van der Waals surface area contributed by atoms with Crippen LogP contribution >= 0.6 is 11.3 Å². The van der Waals surface area contributed by atoms with Gasteiger partial charge in [0.25, 0.3) is 0 Å². The normalized spacial score (nSPS) is 10.6. The van der Waals surface area contributed by atoms with E-state index in [1.165, 1.54) is 16.9 Å². The van der Waals surface area contributed by atoms with Crippen molar-refractivity contribution >= 4 is 11.3 Å². The molecule has 2 aromatic rings. The van der Waals surface area contributed by atoms with Crippen LogP contribution in [-0.2, 0) is 6.54 Å². The highest BCUT2D eigenvalue weighted by molar-refractivity contribution is 7.12. The molecule has 0 amide bonds. The number of hydrogen-bond acceptors (Lipinski definition) is 4. The van der Waals surface area contributed by atoms with Crippen LogP contribution in [0.2, 0.25) is 0 Å². The van der Waals surface area contributed by atoms with Gasteiger partial charge in [0.1, 0.15) is 16.0 Å². The minimum Gasteiger partial charge on any atom is -0.325 e. The number of benzene rings is 1. The Morgan fingerprint density at radius 3 is 2.50 bits per heavy atom. The SMILES string of the molecule is CC(C)c1ccc(-c2nc(CN)sc2C#N)cc1. The van der Waals surface area contributed by atoms with E-state index in [9.17, 15) is 0 Å². The first-order chi connectivity index (χ1) is 8.65. The predicted octanol–water partition coefficient (Wildman–Crippen LogP) is 3.26. The number of thiazole rings is 1. The highest BCUT2D eigenvalue weighted by Crippen LogP contribution is 2.28. The molecule has 18 heavy (non-hydrogen) atoms. The maximum atomic E-state index is 9.11. The van der Waals surface area contributed by atoms with E-state index in [0.717, 1.165) is 16.3 Å². The standard InChI is InChI=1S/C14H15N3S/c1-9(2)10-3-5-11(6-4-10)14-12(7-15)18-13(8-16)17-14/h3-6,9H,8,16H2,1-2H3. The molecule has 2 rings (SSSR count). The van der Waals surface area contributed by atoms with Crippen molar-refractivity contribution in [3.63, 3.8) is 0 Å². The van der Waals surface area contributed by atoms with Gasteiger partial charge in [0.05, 0.1) is 5.69 Å². The van der Waals surface area contributed by atoms with E-state index < -0.39 is 0 Å². The molecule has 1 heterocycles. The van der Waals surface area contributed by atoms with Crippen molar-refractivity contribution < 1.29 is 0 Å². The third-order valence-corrected chi connectivity index (χ3v) is 3.78. The van der Waals surface area contributed by atoms with E-state index in [1.54, 1.807) is 0 Å². The van der Waals surface area contributed by atoms with Crippen molar-refractivity contribution in [1.82, 2.24) is 4.98 Å². The van der Waals surface area contributed by atoms with Gasteiger partial charge in [-0.3, -0.25) is 0 Å². The molecule has 0 bridgehead atoms. The molecule has 0 unspecified atom stereocenters. The molecule has 0 atom stereocenters. The summed E-state index contributed by atoms with van der Waals surface area (Å²) in [6.45, 7) is 4.69. The smallest absolute Gasteiger partial charge is 0.132 e. The topological polar surface area (TPSA) is 62.7 Å². The maximum absolute atomic E-state index is 9.11. The fraction of sp³-hybridized carbons (Fsp3) is 0.286. The Kier molecular flexibility index (Phi) is 3.75. The molecule has 3 nitrogen and oxygen atoms in total. The largest absolute Gasteiger partial charge is 0.325 e. The average Bonchev–Trinajstić information content (AvgIpc) is 2.82. The average molecular weight is 257 g/mol. The van der Waals surface area contributed by atoms with Crippen molar-refractivity contribution in [2.45, 2.75) is 26.3 Å². The van der Waals surface area contributed by atoms with Crippen LogP contribution in [0.4, 0.5) is 0 Å². The molecule has 0 fully saturated rings. The molecule has 0 saturated heterocycles. The van der Waals surface area contributed by atoms with Crippen LogP contribution in [0, 0.1) is 11.3 Å². The first-order valence-corrected chi connectivity index (χ1v) is 6.67. The molecular formula is C14H15N3S. The minimum atomic E-state index is 0.378. The van der Waals surface area contributed by atoms with Crippen LogP contribution in [0.5, 0.6) is 0 Å². The molecule has 1 aromatic carbocycles. The molecule has 0 spiro atoms. The Labute approximate surface area is 111 Å². The molecule has 0 aliphatic heterocycles. The van der Waals surface area contributed by atoms with Gasteiger partial charge in [-0.2, -0.15) is 5.26 Å².